The molecule has 1 heterocycles. The Bertz CT molecular complexity index is 499. The van der Waals surface area contributed by atoms with E-state index in [-0.39, 0.29) is 29.7 Å². The second kappa shape index (κ2) is 7.07. The van der Waals surface area contributed by atoms with E-state index in [0.29, 0.717) is 6.54 Å². The van der Waals surface area contributed by atoms with Crippen LogP contribution in [0.5, 0.6) is 0 Å². The lowest BCUT2D eigenvalue weighted by molar-refractivity contribution is 0.0689. The molecule has 0 aliphatic heterocycles. The summed E-state index contributed by atoms with van der Waals surface area (Å²) in [7, 11) is 3.23. The summed E-state index contributed by atoms with van der Waals surface area (Å²) in [4.78, 5) is 38.5. The number of amides is 3. The van der Waals surface area contributed by atoms with Crippen molar-refractivity contribution in [1.82, 2.24) is 20.5 Å². The van der Waals surface area contributed by atoms with Crippen molar-refractivity contribution in [2.24, 2.45) is 0 Å². The number of aromatic carboxylic acids is 1. The molecule has 0 aromatic carbocycles. The predicted octanol–water partition coefficient (Wildman–Crippen LogP) is -0.219. The monoisotopic (exact) mass is 280 g/mol. The van der Waals surface area contributed by atoms with Crippen molar-refractivity contribution in [1.29, 1.82) is 0 Å². The minimum absolute atomic E-state index is 0.125. The van der Waals surface area contributed by atoms with Crippen LogP contribution in [0.4, 0.5) is 4.79 Å². The van der Waals surface area contributed by atoms with E-state index < -0.39 is 5.97 Å². The highest BCUT2D eigenvalue weighted by Crippen LogP contribution is 2.00. The van der Waals surface area contributed by atoms with Crippen LogP contribution in [-0.4, -0.2) is 60.1 Å². The Kier molecular flexibility index (Phi) is 5.45. The van der Waals surface area contributed by atoms with Crippen LogP contribution in [0.3, 0.4) is 0 Å². The van der Waals surface area contributed by atoms with Crippen LogP contribution >= 0.6 is 0 Å². The lowest BCUT2D eigenvalue weighted by Crippen LogP contribution is -2.39. The molecule has 8 heteroatoms. The van der Waals surface area contributed by atoms with Gasteiger partial charge < -0.3 is 20.6 Å². The van der Waals surface area contributed by atoms with Crippen LogP contribution in [-0.2, 0) is 0 Å². The maximum Gasteiger partial charge on any atom is 0.354 e. The minimum Gasteiger partial charge on any atom is -0.477 e. The fraction of sp³-hybridized carbons (Fsp3) is 0.333. The lowest BCUT2D eigenvalue weighted by Gasteiger charge is -2.12. The van der Waals surface area contributed by atoms with Crippen molar-refractivity contribution < 1.29 is 19.5 Å². The first-order chi connectivity index (χ1) is 9.41. The fourth-order valence-corrected chi connectivity index (χ4v) is 1.26. The molecular weight excluding hydrogens is 264 g/mol. The van der Waals surface area contributed by atoms with Crippen LogP contribution in [0.2, 0.25) is 0 Å². The van der Waals surface area contributed by atoms with Crippen LogP contribution in [0.1, 0.15) is 20.8 Å². The topological polar surface area (TPSA) is 112 Å². The van der Waals surface area contributed by atoms with Gasteiger partial charge in [-0.05, 0) is 12.1 Å². The fourth-order valence-electron chi connectivity index (χ4n) is 1.26. The number of urea groups is 1. The Balaban J connectivity index is 2.39. The standard InChI is InChI=1S/C12H16N4O4/c1-16(2)12(20)14-6-5-13-10(17)8-3-4-9(11(18)19)15-7-8/h3-4,7H,5-6H2,1-2H3,(H,13,17)(H,14,20)(H,18,19). The van der Waals surface area contributed by atoms with Crippen molar-refractivity contribution >= 4 is 17.9 Å². The first-order valence-corrected chi connectivity index (χ1v) is 5.84. The second-order valence-corrected chi connectivity index (χ2v) is 4.12. The smallest absolute Gasteiger partial charge is 0.354 e. The molecule has 1 rings (SSSR count). The summed E-state index contributed by atoms with van der Waals surface area (Å²) in [5, 5.41) is 13.9. The summed E-state index contributed by atoms with van der Waals surface area (Å²) >= 11 is 0. The van der Waals surface area contributed by atoms with E-state index in [9.17, 15) is 14.4 Å². The first kappa shape index (κ1) is 15.4. The molecular formula is C12H16N4O4. The van der Waals surface area contributed by atoms with E-state index in [1.807, 2.05) is 0 Å². The zero-order valence-electron chi connectivity index (χ0n) is 11.2. The molecule has 108 valence electrons. The van der Waals surface area contributed by atoms with Crippen molar-refractivity contribution in [2.75, 3.05) is 27.2 Å². The summed E-state index contributed by atoms with van der Waals surface area (Å²) in [6.45, 7) is 0.558. The lowest BCUT2D eigenvalue weighted by atomic mass is 10.2. The summed E-state index contributed by atoms with van der Waals surface area (Å²) < 4.78 is 0. The molecule has 0 atom stereocenters. The number of aromatic nitrogens is 1. The number of nitrogens with zero attached hydrogens (tertiary/aromatic N) is 2. The number of carboxylic acid groups (broad SMARTS) is 1. The SMILES string of the molecule is CN(C)C(=O)NCCNC(=O)c1ccc(C(=O)O)nc1. The van der Waals surface area contributed by atoms with E-state index in [1.165, 1.54) is 23.2 Å². The van der Waals surface area contributed by atoms with Gasteiger partial charge in [-0.3, -0.25) is 4.79 Å². The molecule has 0 spiro atoms. The maximum absolute atomic E-state index is 11.7. The van der Waals surface area contributed by atoms with E-state index in [2.05, 4.69) is 15.6 Å². The summed E-state index contributed by atoms with van der Waals surface area (Å²) in [6.07, 6.45) is 1.19. The van der Waals surface area contributed by atoms with Crippen LogP contribution in [0, 0.1) is 0 Å². The summed E-state index contributed by atoms with van der Waals surface area (Å²) in [5.74, 6) is -1.53. The molecule has 3 amide bonds. The molecule has 8 nitrogen and oxygen atoms in total. The van der Waals surface area contributed by atoms with Gasteiger partial charge in [-0.15, -0.1) is 0 Å². The van der Waals surface area contributed by atoms with Crippen molar-refractivity contribution in [3.63, 3.8) is 0 Å². The average molecular weight is 280 g/mol. The van der Waals surface area contributed by atoms with Gasteiger partial charge in [0, 0.05) is 33.4 Å². The van der Waals surface area contributed by atoms with E-state index in [1.54, 1.807) is 14.1 Å². The van der Waals surface area contributed by atoms with Gasteiger partial charge in [0.1, 0.15) is 5.69 Å². The molecule has 0 aliphatic carbocycles. The van der Waals surface area contributed by atoms with E-state index >= 15 is 0 Å². The number of pyridine rings is 1. The largest absolute Gasteiger partial charge is 0.477 e. The molecule has 3 N–H and O–H groups in total. The molecule has 1 aromatic heterocycles. The number of carbonyl (C=O) groups excluding carboxylic acids is 2. The molecule has 0 aliphatic rings. The second-order valence-electron chi connectivity index (χ2n) is 4.12. The number of hydrogen-bond donors (Lipinski definition) is 3. The summed E-state index contributed by atoms with van der Waals surface area (Å²) in [5.41, 5.74) is 0.133. The predicted molar refractivity (Wildman–Crippen MR) is 70.6 cm³/mol. The Morgan fingerprint density at radius 2 is 1.85 bits per heavy atom. The molecule has 0 bridgehead atoms. The Hall–Kier alpha value is -2.64. The molecule has 0 fully saturated rings. The summed E-state index contributed by atoms with van der Waals surface area (Å²) in [6, 6.07) is 2.39. The van der Waals surface area contributed by atoms with Gasteiger partial charge in [0.05, 0.1) is 5.56 Å². The van der Waals surface area contributed by atoms with Crippen LogP contribution in [0.25, 0.3) is 0 Å². The number of carbonyl (C=O) groups is 3. The quantitative estimate of drug-likeness (QED) is 0.646. The van der Waals surface area contributed by atoms with Gasteiger partial charge in [-0.2, -0.15) is 0 Å². The third-order valence-electron chi connectivity index (χ3n) is 2.34. The zero-order valence-corrected chi connectivity index (χ0v) is 11.2. The van der Waals surface area contributed by atoms with Gasteiger partial charge in [0.25, 0.3) is 5.91 Å². The molecule has 1 aromatic rings. The normalized spacial score (nSPS) is 9.70. The highest BCUT2D eigenvalue weighted by Gasteiger charge is 2.09. The number of nitrogens with one attached hydrogen (secondary N) is 2. The van der Waals surface area contributed by atoms with E-state index in [4.69, 9.17) is 5.11 Å². The minimum atomic E-state index is -1.15. The number of carboxylic acids is 1. The molecule has 0 saturated carbocycles. The van der Waals surface area contributed by atoms with Crippen LogP contribution < -0.4 is 10.6 Å². The Morgan fingerprint density at radius 3 is 2.35 bits per heavy atom. The molecule has 0 unspecified atom stereocenters. The van der Waals surface area contributed by atoms with Gasteiger partial charge >= 0.3 is 12.0 Å². The Labute approximate surface area is 115 Å². The highest BCUT2D eigenvalue weighted by atomic mass is 16.4. The average Bonchev–Trinajstić information content (AvgIpc) is 2.43. The van der Waals surface area contributed by atoms with Crippen molar-refractivity contribution in [2.45, 2.75) is 0 Å². The van der Waals surface area contributed by atoms with Gasteiger partial charge in [-0.1, -0.05) is 0 Å². The van der Waals surface area contributed by atoms with E-state index in [0.717, 1.165) is 0 Å². The zero-order chi connectivity index (χ0) is 15.1. The van der Waals surface area contributed by atoms with Crippen LogP contribution in [0.15, 0.2) is 18.3 Å². The van der Waals surface area contributed by atoms with Crippen molar-refractivity contribution in [3.05, 3.63) is 29.6 Å². The van der Waals surface area contributed by atoms with Gasteiger partial charge in [0.15, 0.2) is 0 Å². The first-order valence-electron chi connectivity index (χ1n) is 5.84. The third-order valence-corrected chi connectivity index (χ3v) is 2.34. The number of hydrogen-bond acceptors (Lipinski definition) is 4. The third kappa shape index (κ3) is 4.56. The van der Waals surface area contributed by atoms with Gasteiger partial charge in [-0.25, -0.2) is 14.6 Å². The maximum atomic E-state index is 11.7. The highest BCUT2D eigenvalue weighted by molar-refractivity contribution is 5.94. The number of rotatable bonds is 5. The van der Waals surface area contributed by atoms with Gasteiger partial charge in [0.2, 0.25) is 0 Å². The Morgan fingerprint density at radius 1 is 1.20 bits per heavy atom. The molecule has 0 saturated heterocycles. The molecule has 20 heavy (non-hydrogen) atoms. The molecule has 0 radical (unpaired) electrons. The van der Waals surface area contributed by atoms with Crippen molar-refractivity contribution in [3.8, 4) is 0 Å².